The summed E-state index contributed by atoms with van der Waals surface area (Å²) < 4.78 is 5.53. The molecule has 0 aromatic rings. The first kappa shape index (κ1) is 15.5. The van der Waals surface area contributed by atoms with Crippen molar-refractivity contribution in [3.63, 3.8) is 0 Å². The monoisotopic (exact) mass is 254 g/mol. The van der Waals surface area contributed by atoms with Crippen molar-refractivity contribution in [1.82, 2.24) is 10.2 Å². The maximum absolute atomic E-state index is 5.53. The van der Waals surface area contributed by atoms with E-state index in [-0.39, 0.29) is 5.54 Å². The van der Waals surface area contributed by atoms with E-state index in [0.29, 0.717) is 6.04 Å². The molecule has 1 N–H and O–H groups in total. The average molecular weight is 254 g/mol. The predicted octanol–water partition coefficient (Wildman–Crippen LogP) is 2.78. The molecule has 18 heavy (non-hydrogen) atoms. The summed E-state index contributed by atoms with van der Waals surface area (Å²) in [5.41, 5.74) is 1.57. The molecule has 1 rings (SSSR count). The molecule has 106 valence electrons. The molecule has 3 heteroatoms. The van der Waals surface area contributed by atoms with E-state index < -0.39 is 0 Å². The van der Waals surface area contributed by atoms with Crippen molar-refractivity contribution in [2.24, 2.45) is 0 Å². The molecular formula is C15H30N2O. The molecule has 0 fully saturated rings. The van der Waals surface area contributed by atoms with Crippen LogP contribution in [0, 0.1) is 0 Å². The number of nitrogens with one attached hydrogen (secondary N) is 1. The molecule has 1 heterocycles. The Balaban J connectivity index is 2.97. The molecule has 0 saturated heterocycles. The van der Waals surface area contributed by atoms with Gasteiger partial charge in [-0.25, -0.2) is 0 Å². The minimum atomic E-state index is 0.158. The van der Waals surface area contributed by atoms with E-state index in [9.17, 15) is 0 Å². The molecule has 2 unspecified atom stereocenters. The summed E-state index contributed by atoms with van der Waals surface area (Å²) in [6.07, 6.45) is 5.42. The highest BCUT2D eigenvalue weighted by atomic mass is 16.5. The van der Waals surface area contributed by atoms with Gasteiger partial charge in [0.2, 0.25) is 0 Å². The van der Waals surface area contributed by atoms with Crippen molar-refractivity contribution in [3.8, 4) is 0 Å². The third kappa shape index (κ3) is 3.07. The molecule has 0 bridgehead atoms. The second kappa shape index (κ2) is 7.15. The molecule has 0 radical (unpaired) electrons. The second-order valence-electron chi connectivity index (χ2n) is 5.27. The van der Waals surface area contributed by atoms with Crippen LogP contribution >= 0.6 is 0 Å². The Kier molecular flexibility index (Phi) is 6.16. The highest BCUT2D eigenvalue weighted by Crippen LogP contribution is 2.30. The first-order valence-electron chi connectivity index (χ1n) is 7.36. The lowest BCUT2D eigenvalue weighted by Crippen LogP contribution is -2.59. The summed E-state index contributed by atoms with van der Waals surface area (Å²) in [6, 6.07) is 0.377. The lowest BCUT2D eigenvalue weighted by atomic mass is 9.81. The fraction of sp³-hybridized carbons (Fsp3) is 0.867. The van der Waals surface area contributed by atoms with E-state index in [0.717, 1.165) is 39.0 Å². The van der Waals surface area contributed by atoms with Crippen LogP contribution < -0.4 is 5.32 Å². The van der Waals surface area contributed by atoms with Crippen LogP contribution in [0.25, 0.3) is 0 Å². The van der Waals surface area contributed by atoms with Crippen LogP contribution in [0.3, 0.4) is 0 Å². The van der Waals surface area contributed by atoms with Gasteiger partial charge in [0.15, 0.2) is 0 Å². The van der Waals surface area contributed by atoms with Crippen molar-refractivity contribution in [3.05, 3.63) is 11.8 Å². The largest absolute Gasteiger partial charge is 0.501 e. The highest BCUT2D eigenvalue weighted by molar-refractivity contribution is 5.18. The van der Waals surface area contributed by atoms with Crippen LogP contribution in [0.5, 0.6) is 0 Å². The maximum Gasteiger partial charge on any atom is 0.0876 e. The van der Waals surface area contributed by atoms with E-state index in [1.54, 1.807) is 0 Å². The molecule has 0 aliphatic carbocycles. The standard InChI is InChI=1S/C15H30N2O/c1-6-15(4,17(7-2)8-3)14(16-5)13-10-9-11-18-12-13/h12,14,16H,6-11H2,1-5H3. The maximum atomic E-state index is 5.53. The molecule has 1 aliphatic rings. The molecule has 0 amide bonds. The third-order valence-corrected chi connectivity index (χ3v) is 4.45. The van der Waals surface area contributed by atoms with Crippen LogP contribution in [-0.4, -0.2) is 43.2 Å². The van der Waals surface area contributed by atoms with Crippen LogP contribution in [0.15, 0.2) is 11.8 Å². The zero-order valence-electron chi connectivity index (χ0n) is 12.8. The number of rotatable bonds is 7. The van der Waals surface area contributed by atoms with E-state index in [1.807, 2.05) is 6.26 Å². The number of ether oxygens (including phenoxy) is 1. The average Bonchev–Trinajstić information content (AvgIpc) is 2.42. The van der Waals surface area contributed by atoms with Gasteiger partial charge in [-0.2, -0.15) is 0 Å². The van der Waals surface area contributed by atoms with Gasteiger partial charge in [0.25, 0.3) is 0 Å². The topological polar surface area (TPSA) is 24.5 Å². The SMILES string of the molecule is CCN(CC)C(C)(CC)C(NC)C1=COCCC1. The summed E-state index contributed by atoms with van der Waals surface area (Å²) in [4.78, 5) is 2.56. The van der Waals surface area contributed by atoms with Gasteiger partial charge in [-0.3, -0.25) is 4.90 Å². The lowest BCUT2D eigenvalue weighted by Gasteiger charge is -2.46. The van der Waals surface area contributed by atoms with Crippen molar-refractivity contribution in [2.75, 3.05) is 26.7 Å². The van der Waals surface area contributed by atoms with Crippen molar-refractivity contribution in [1.29, 1.82) is 0 Å². The van der Waals surface area contributed by atoms with Gasteiger partial charge >= 0.3 is 0 Å². The van der Waals surface area contributed by atoms with Crippen molar-refractivity contribution in [2.45, 2.75) is 58.5 Å². The summed E-state index contributed by atoms with van der Waals surface area (Å²) in [5, 5.41) is 3.52. The van der Waals surface area contributed by atoms with Crippen molar-refractivity contribution < 1.29 is 4.74 Å². The van der Waals surface area contributed by atoms with Gasteiger partial charge in [-0.15, -0.1) is 0 Å². The van der Waals surface area contributed by atoms with Gasteiger partial charge in [0, 0.05) is 11.6 Å². The summed E-state index contributed by atoms with van der Waals surface area (Å²) in [6.45, 7) is 12.2. The van der Waals surface area contributed by atoms with E-state index in [2.05, 4.69) is 45.0 Å². The first-order valence-corrected chi connectivity index (χ1v) is 7.36. The number of nitrogens with zero attached hydrogens (tertiary/aromatic N) is 1. The molecule has 1 aliphatic heterocycles. The molecule has 3 nitrogen and oxygen atoms in total. The van der Waals surface area contributed by atoms with Gasteiger partial charge in [-0.05, 0) is 51.9 Å². The summed E-state index contributed by atoms with van der Waals surface area (Å²) >= 11 is 0. The van der Waals surface area contributed by atoms with Gasteiger partial charge in [0.05, 0.1) is 12.9 Å². The van der Waals surface area contributed by atoms with Gasteiger partial charge < -0.3 is 10.1 Å². The third-order valence-electron chi connectivity index (χ3n) is 4.45. The fourth-order valence-electron chi connectivity index (χ4n) is 3.25. The van der Waals surface area contributed by atoms with Crippen molar-refractivity contribution >= 4 is 0 Å². The Bertz CT molecular complexity index is 274. The van der Waals surface area contributed by atoms with Crippen LogP contribution in [-0.2, 0) is 4.74 Å². The number of hydrogen-bond donors (Lipinski definition) is 1. The lowest BCUT2D eigenvalue weighted by molar-refractivity contribution is 0.0796. The predicted molar refractivity (Wildman–Crippen MR) is 77.7 cm³/mol. The molecule has 2 atom stereocenters. The second-order valence-corrected chi connectivity index (χ2v) is 5.27. The minimum absolute atomic E-state index is 0.158. The number of likely N-dealkylation sites (N-methyl/N-ethyl adjacent to an activating group) is 2. The van der Waals surface area contributed by atoms with Gasteiger partial charge in [-0.1, -0.05) is 20.8 Å². The molecular weight excluding hydrogens is 224 g/mol. The Morgan fingerprint density at radius 2 is 2.06 bits per heavy atom. The van der Waals surface area contributed by atoms with Crippen LogP contribution in [0.2, 0.25) is 0 Å². The molecule has 0 saturated carbocycles. The zero-order valence-corrected chi connectivity index (χ0v) is 12.8. The molecule has 0 aromatic heterocycles. The summed E-state index contributed by atoms with van der Waals surface area (Å²) in [5.74, 6) is 0. The van der Waals surface area contributed by atoms with Crippen LogP contribution in [0.1, 0.15) is 47.0 Å². The van der Waals surface area contributed by atoms with E-state index >= 15 is 0 Å². The fourth-order valence-corrected chi connectivity index (χ4v) is 3.25. The van der Waals surface area contributed by atoms with E-state index in [1.165, 1.54) is 5.57 Å². The molecule has 0 spiro atoms. The molecule has 0 aromatic carbocycles. The summed E-state index contributed by atoms with van der Waals surface area (Å²) in [7, 11) is 2.07. The minimum Gasteiger partial charge on any atom is -0.501 e. The zero-order chi connectivity index (χ0) is 13.6. The Morgan fingerprint density at radius 3 is 2.44 bits per heavy atom. The first-order chi connectivity index (χ1) is 8.63. The smallest absolute Gasteiger partial charge is 0.0876 e. The Hall–Kier alpha value is -0.540. The normalized spacial score (nSPS) is 21.1. The Morgan fingerprint density at radius 1 is 1.39 bits per heavy atom. The van der Waals surface area contributed by atoms with E-state index in [4.69, 9.17) is 4.74 Å². The quantitative estimate of drug-likeness (QED) is 0.756. The van der Waals surface area contributed by atoms with Crippen LogP contribution in [0.4, 0.5) is 0 Å². The number of hydrogen-bond acceptors (Lipinski definition) is 3. The van der Waals surface area contributed by atoms with Gasteiger partial charge in [0.1, 0.15) is 0 Å². The Labute approximate surface area is 113 Å². The highest BCUT2D eigenvalue weighted by Gasteiger charge is 2.38.